The molecule has 1 aliphatic rings. The van der Waals surface area contributed by atoms with Crippen molar-refractivity contribution in [2.24, 2.45) is 5.92 Å². The molecule has 2 heterocycles. The second kappa shape index (κ2) is 6.56. The van der Waals surface area contributed by atoms with E-state index in [-0.39, 0.29) is 24.2 Å². The van der Waals surface area contributed by atoms with E-state index in [4.69, 9.17) is 9.15 Å². The Bertz CT molecular complexity index is 696. The third kappa shape index (κ3) is 3.36. The van der Waals surface area contributed by atoms with Gasteiger partial charge >= 0.3 is 0 Å². The van der Waals surface area contributed by atoms with Crippen molar-refractivity contribution in [2.75, 3.05) is 18.6 Å². The maximum atomic E-state index is 12.2. The van der Waals surface area contributed by atoms with Crippen molar-refractivity contribution < 1.29 is 18.7 Å². The van der Waals surface area contributed by atoms with E-state index in [0.29, 0.717) is 24.6 Å². The van der Waals surface area contributed by atoms with Crippen LogP contribution in [0.25, 0.3) is 0 Å². The van der Waals surface area contributed by atoms with Gasteiger partial charge in [0.15, 0.2) is 0 Å². The van der Waals surface area contributed by atoms with E-state index >= 15 is 0 Å². The fraction of sp³-hybridized carbons (Fsp3) is 0.294. The number of furan rings is 1. The van der Waals surface area contributed by atoms with Gasteiger partial charge < -0.3 is 19.4 Å². The maximum Gasteiger partial charge on any atom is 0.227 e. The molecule has 23 heavy (non-hydrogen) atoms. The maximum absolute atomic E-state index is 12.2. The summed E-state index contributed by atoms with van der Waals surface area (Å²) in [6.07, 6.45) is 1.77. The first-order chi connectivity index (χ1) is 11.2. The Labute approximate surface area is 134 Å². The van der Waals surface area contributed by atoms with Gasteiger partial charge in [0.05, 0.1) is 25.8 Å². The first-order valence-electron chi connectivity index (χ1n) is 7.42. The Morgan fingerprint density at radius 1 is 1.39 bits per heavy atom. The van der Waals surface area contributed by atoms with Gasteiger partial charge in [0.25, 0.3) is 0 Å². The van der Waals surface area contributed by atoms with Crippen LogP contribution < -0.4 is 15.0 Å². The highest BCUT2D eigenvalue weighted by atomic mass is 16.5. The Morgan fingerprint density at radius 2 is 2.26 bits per heavy atom. The van der Waals surface area contributed by atoms with Crippen molar-refractivity contribution in [1.29, 1.82) is 0 Å². The summed E-state index contributed by atoms with van der Waals surface area (Å²) in [6, 6.07) is 10.8. The van der Waals surface area contributed by atoms with Crippen LogP contribution in [-0.2, 0) is 16.1 Å². The van der Waals surface area contributed by atoms with Gasteiger partial charge in [-0.05, 0) is 24.3 Å². The zero-order chi connectivity index (χ0) is 16.2. The lowest BCUT2D eigenvalue weighted by Crippen LogP contribution is -2.32. The van der Waals surface area contributed by atoms with Crippen LogP contribution in [0, 0.1) is 5.92 Å². The number of benzene rings is 1. The van der Waals surface area contributed by atoms with Crippen LogP contribution in [0.3, 0.4) is 0 Å². The molecule has 0 spiro atoms. The number of amides is 2. The Balaban J connectivity index is 1.63. The van der Waals surface area contributed by atoms with E-state index < -0.39 is 0 Å². The number of hydrogen-bond donors (Lipinski definition) is 1. The van der Waals surface area contributed by atoms with Gasteiger partial charge in [0.1, 0.15) is 11.5 Å². The monoisotopic (exact) mass is 314 g/mol. The zero-order valence-corrected chi connectivity index (χ0v) is 12.8. The van der Waals surface area contributed by atoms with Gasteiger partial charge in [-0.2, -0.15) is 0 Å². The largest absolute Gasteiger partial charge is 0.497 e. The SMILES string of the molecule is COc1cccc(N2C[C@H](C(=O)NCc3ccco3)CC2=O)c1. The van der Waals surface area contributed by atoms with E-state index in [2.05, 4.69) is 5.32 Å². The fourth-order valence-corrected chi connectivity index (χ4v) is 2.64. The zero-order valence-electron chi connectivity index (χ0n) is 12.8. The number of ether oxygens (including phenoxy) is 1. The van der Waals surface area contributed by atoms with Crippen molar-refractivity contribution in [3.05, 3.63) is 48.4 Å². The number of carbonyl (C=O) groups is 2. The molecule has 6 heteroatoms. The van der Waals surface area contributed by atoms with Crippen LogP contribution >= 0.6 is 0 Å². The Morgan fingerprint density at radius 3 is 3.00 bits per heavy atom. The summed E-state index contributed by atoms with van der Waals surface area (Å²) in [5.41, 5.74) is 0.746. The number of carbonyl (C=O) groups excluding carboxylic acids is 2. The lowest BCUT2D eigenvalue weighted by molar-refractivity contribution is -0.126. The Hall–Kier alpha value is -2.76. The lowest BCUT2D eigenvalue weighted by atomic mass is 10.1. The molecule has 0 unspecified atom stereocenters. The molecule has 0 radical (unpaired) electrons. The summed E-state index contributed by atoms with van der Waals surface area (Å²) in [4.78, 5) is 26.1. The summed E-state index contributed by atoms with van der Waals surface area (Å²) in [7, 11) is 1.58. The topological polar surface area (TPSA) is 71.8 Å². The molecule has 2 aromatic rings. The molecule has 6 nitrogen and oxygen atoms in total. The molecular formula is C17H18N2O4. The lowest BCUT2D eigenvalue weighted by Gasteiger charge is -2.17. The summed E-state index contributed by atoms with van der Waals surface area (Å²) >= 11 is 0. The third-order valence-corrected chi connectivity index (χ3v) is 3.88. The molecule has 1 aliphatic heterocycles. The van der Waals surface area contributed by atoms with Crippen molar-refractivity contribution in [3.8, 4) is 5.75 Å². The molecule has 3 rings (SSSR count). The summed E-state index contributed by atoms with van der Waals surface area (Å²) in [5, 5.41) is 2.81. The molecule has 1 fully saturated rings. The van der Waals surface area contributed by atoms with Crippen molar-refractivity contribution in [2.45, 2.75) is 13.0 Å². The first kappa shape index (κ1) is 15.1. The van der Waals surface area contributed by atoms with E-state index in [9.17, 15) is 9.59 Å². The van der Waals surface area contributed by atoms with E-state index in [1.165, 1.54) is 0 Å². The average molecular weight is 314 g/mol. The van der Waals surface area contributed by atoms with Crippen LogP contribution in [0.1, 0.15) is 12.2 Å². The second-order valence-corrected chi connectivity index (χ2v) is 5.40. The number of anilines is 1. The van der Waals surface area contributed by atoms with Crippen molar-refractivity contribution in [3.63, 3.8) is 0 Å². The fourth-order valence-electron chi connectivity index (χ4n) is 2.64. The number of nitrogens with zero attached hydrogens (tertiary/aromatic N) is 1. The molecule has 2 amide bonds. The van der Waals surface area contributed by atoms with Gasteiger partial charge in [-0.15, -0.1) is 0 Å². The van der Waals surface area contributed by atoms with Gasteiger partial charge in [-0.25, -0.2) is 0 Å². The Kier molecular flexibility index (Phi) is 4.32. The quantitative estimate of drug-likeness (QED) is 0.916. The minimum atomic E-state index is -0.358. The minimum absolute atomic E-state index is 0.0589. The smallest absolute Gasteiger partial charge is 0.227 e. The molecule has 0 aliphatic carbocycles. The predicted molar refractivity (Wildman–Crippen MR) is 84.0 cm³/mol. The number of nitrogens with one attached hydrogen (secondary N) is 1. The highest BCUT2D eigenvalue weighted by molar-refractivity contribution is 6.00. The molecule has 1 aromatic carbocycles. The van der Waals surface area contributed by atoms with Crippen LogP contribution in [0.15, 0.2) is 47.1 Å². The average Bonchev–Trinajstić information content (AvgIpc) is 3.22. The standard InChI is InChI=1S/C17H18N2O4/c1-22-14-5-2-4-13(9-14)19-11-12(8-16(19)20)17(21)18-10-15-6-3-7-23-15/h2-7,9,12H,8,10-11H2,1H3,(H,18,21)/t12-/m1/s1. The van der Waals surface area contributed by atoms with E-state index in [1.807, 2.05) is 18.2 Å². The van der Waals surface area contributed by atoms with E-state index in [1.54, 1.807) is 36.5 Å². The summed E-state index contributed by atoms with van der Waals surface area (Å²) in [6.45, 7) is 0.700. The van der Waals surface area contributed by atoms with Gasteiger partial charge in [0, 0.05) is 24.7 Å². The van der Waals surface area contributed by atoms with Gasteiger partial charge in [-0.3, -0.25) is 9.59 Å². The number of methoxy groups -OCH3 is 1. The minimum Gasteiger partial charge on any atom is -0.497 e. The molecule has 1 atom stereocenters. The molecule has 1 N–H and O–H groups in total. The molecule has 120 valence electrons. The normalized spacial score (nSPS) is 17.3. The highest BCUT2D eigenvalue weighted by Crippen LogP contribution is 2.27. The van der Waals surface area contributed by atoms with Crippen LogP contribution in [0.5, 0.6) is 5.75 Å². The van der Waals surface area contributed by atoms with Crippen LogP contribution in [0.4, 0.5) is 5.69 Å². The molecule has 1 saturated heterocycles. The number of rotatable bonds is 5. The molecule has 0 saturated carbocycles. The van der Waals surface area contributed by atoms with Gasteiger partial charge in [0.2, 0.25) is 11.8 Å². The van der Waals surface area contributed by atoms with Crippen molar-refractivity contribution in [1.82, 2.24) is 5.32 Å². The first-order valence-corrected chi connectivity index (χ1v) is 7.42. The molecule has 0 bridgehead atoms. The van der Waals surface area contributed by atoms with Crippen molar-refractivity contribution >= 4 is 17.5 Å². The number of hydrogen-bond acceptors (Lipinski definition) is 4. The summed E-state index contributed by atoms with van der Waals surface area (Å²) in [5.74, 6) is 0.813. The molecular weight excluding hydrogens is 296 g/mol. The van der Waals surface area contributed by atoms with E-state index in [0.717, 1.165) is 5.69 Å². The molecule has 1 aromatic heterocycles. The second-order valence-electron chi connectivity index (χ2n) is 5.40. The van der Waals surface area contributed by atoms with Crippen LogP contribution in [0.2, 0.25) is 0 Å². The summed E-state index contributed by atoms with van der Waals surface area (Å²) < 4.78 is 10.4. The van der Waals surface area contributed by atoms with Gasteiger partial charge in [-0.1, -0.05) is 6.07 Å². The predicted octanol–water partition coefficient (Wildman–Crippen LogP) is 1.96. The highest BCUT2D eigenvalue weighted by Gasteiger charge is 2.35. The third-order valence-electron chi connectivity index (χ3n) is 3.88. The van der Waals surface area contributed by atoms with Crippen LogP contribution in [-0.4, -0.2) is 25.5 Å².